The molecule has 2 N–H and O–H groups in total. The fourth-order valence-electron chi connectivity index (χ4n) is 1.83. The number of hydrogen-bond donors (Lipinski definition) is 1. The Morgan fingerprint density at radius 2 is 1.90 bits per heavy atom. The molecular formula is C14H14N6. The van der Waals surface area contributed by atoms with E-state index in [9.17, 15) is 0 Å². The number of aromatic nitrogens is 5. The van der Waals surface area contributed by atoms with E-state index in [-0.39, 0.29) is 0 Å². The molecular weight excluding hydrogens is 252 g/mol. The molecule has 100 valence electrons. The van der Waals surface area contributed by atoms with Crippen molar-refractivity contribution in [2.75, 3.05) is 0 Å². The van der Waals surface area contributed by atoms with Gasteiger partial charge >= 0.3 is 0 Å². The number of hydrogen-bond acceptors (Lipinski definition) is 5. The highest BCUT2D eigenvalue weighted by atomic mass is 15.6. The van der Waals surface area contributed by atoms with Crippen molar-refractivity contribution in [3.63, 3.8) is 0 Å². The highest BCUT2D eigenvalue weighted by Gasteiger charge is 2.06. The van der Waals surface area contributed by atoms with Gasteiger partial charge in [-0.15, -0.1) is 10.2 Å². The molecule has 2 aromatic heterocycles. The molecule has 0 fully saturated rings. The van der Waals surface area contributed by atoms with Crippen molar-refractivity contribution in [2.24, 2.45) is 5.73 Å². The molecule has 20 heavy (non-hydrogen) atoms. The Balaban J connectivity index is 1.77. The third kappa shape index (κ3) is 2.70. The lowest BCUT2D eigenvalue weighted by Crippen LogP contribution is -2.06. The summed E-state index contributed by atoms with van der Waals surface area (Å²) in [6.07, 6.45) is 1.77. The number of nitrogens with zero attached hydrogens (tertiary/aromatic N) is 5. The van der Waals surface area contributed by atoms with Gasteiger partial charge in [-0.25, -0.2) is 0 Å². The van der Waals surface area contributed by atoms with Crippen molar-refractivity contribution in [3.8, 4) is 11.4 Å². The van der Waals surface area contributed by atoms with Gasteiger partial charge in [0.1, 0.15) is 6.54 Å². The van der Waals surface area contributed by atoms with Crippen LogP contribution in [0.15, 0.2) is 48.7 Å². The fourth-order valence-corrected chi connectivity index (χ4v) is 1.83. The van der Waals surface area contributed by atoms with Gasteiger partial charge in [0.25, 0.3) is 0 Å². The Hall–Kier alpha value is -2.60. The summed E-state index contributed by atoms with van der Waals surface area (Å²) in [6.45, 7) is 0.984. The van der Waals surface area contributed by atoms with Crippen molar-refractivity contribution in [2.45, 2.75) is 13.1 Å². The van der Waals surface area contributed by atoms with Gasteiger partial charge < -0.3 is 5.73 Å². The summed E-state index contributed by atoms with van der Waals surface area (Å²) in [7, 11) is 0. The minimum atomic E-state index is 0.491. The molecule has 0 atom stereocenters. The first-order valence-corrected chi connectivity index (χ1v) is 6.32. The van der Waals surface area contributed by atoms with Crippen LogP contribution in [0.25, 0.3) is 11.4 Å². The zero-order valence-electron chi connectivity index (χ0n) is 10.8. The normalized spacial score (nSPS) is 10.7. The summed E-state index contributed by atoms with van der Waals surface area (Å²) in [5, 5.41) is 12.4. The van der Waals surface area contributed by atoms with Crippen LogP contribution < -0.4 is 5.73 Å². The second-order valence-electron chi connectivity index (χ2n) is 4.37. The van der Waals surface area contributed by atoms with Gasteiger partial charge in [-0.2, -0.15) is 4.80 Å². The van der Waals surface area contributed by atoms with E-state index >= 15 is 0 Å². The van der Waals surface area contributed by atoms with E-state index in [0.29, 0.717) is 18.9 Å². The van der Waals surface area contributed by atoms with Crippen LogP contribution in [0.1, 0.15) is 11.3 Å². The molecule has 3 rings (SSSR count). The SMILES string of the molecule is NCc1ccc(Cn2nnc(-c3ccccc3)n2)nc1. The third-order valence-electron chi connectivity index (χ3n) is 2.91. The molecule has 0 spiro atoms. The number of rotatable bonds is 4. The quantitative estimate of drug-likeness (QED) is 0.768. The summed E-state index contributed by atoms with van der Waals surface area (Å²) >= 11 is 0. The van der Waals surface area contributed by atoms with Gasteiger partial charge in [0.15, 0.2) is 0 Å². The average molecular weight is 266 g/mol. The van der Waals surface area contributed by atoms with Gasteiger partial charge in [-0.3, -0.25) is 4.98 Å². The Bertz CT molecular complexity index is 674. The van der Waals surface area contributed by atoms with Gasteiger partial charge in [-0.05, 0) is 16.8 Å². The Kier molecular flexibility index (Phi) is 3.47. The van der Waals surface area contributed by atoms with Crippen LogP contribution in [0.2, 0.25) is 0 Å². The van der Waals surface area contributed by atoms with Crippen LogP contribution in [0.4, 0.5) is 0 Å². The molecule has 6 heteroatoms. The molecule has 0 aliphatic rings. The van der Waals surface area contributed by atoms with Gasteiger partial charge in [-0.1, -0.05) is 36.4 Å². The first-order chi connectivity index (χ1) is 9.85. The maximum atomic E-state index is 5.54. The molecule has 0 aliphatic heterocycles. The smallest absolute Gasteiger partial charge is 0.204 e. The molecule has 0 bridgehead atoms. The lowest BCUT2D eigenvalue weighted by atomic mass is 10.2. The molecule has 6 nitrogen and oxygen atoms in total. The minimum Gasteiger partial charge on any atom is -0.326 e. The van der Waals surface area contributed by atoms with Crippen LogP contribution in [0.3, 0.4) is 0 Å². The van der Waals surface area contributed by atoms with E-state index in [4.69, 9.17) is 5.73 Å². The highest BCUT2D eigenvalue weighted by Crippen LogP contribution is 2.12. The third-order valence-corrected chi connectivity index (χ3v) is 2.91. The lowest BCUT2D eigenvalue weighted by molar-refractivity contribution is 0.564. The van der Waals surface area contributed by atoms with E-state index < -0.39 is 0 Å². The molecule has 3 aromatic rings. The van der Waals surface area contributed by atoms with E-state index in [0.717, 1.165) is 16.8 Å². The summed E-state index contributed by atoms with van der Waals surface area (Å²) < 4.78 is 0. The zero-order valence-corrected chi connectivity index (χ0v) is 10.8. The Morgan fingerprint density at radius 1 is 1.05 bits per heavy atom. The highest BCUT2D eigenvalue weighted by molar-refractivity contribution is 5.52. The molecule has 1 aromatic carbocycles. The summed E-state index contributed by atoms with van der Waals surface area (Å²) in [4.78, 5) is 5.85. The first-order valence-electron chi connectivity index (χ1n) is 6.32. The first kappa shape index (κ1) is 12.4. The van der Waals surface area contributed by atoms with Gasteiger partial charge in [0.2, 0.25) is 5.82 Å². The van der Waals surface area contributed by atoms with Gasteiger partial charge in [0, 0.05) is 18.3 Å². The number of pyridine rings is 1. The predicted molar refractivity (Wildman–Crippen MR) is 74.5 cm³/mol. The number of benzene rings is 1. The standard InChI is InChI=1S/C14H14N6/c15-8-11-6-7-13(16-9-11)10-20-18-14(17-19-20)12-4-2-1-3-5-12/h1-7,9H,8,10,15H2. The Labute approximate surface area is 116 Å². The van der Waals surface area contributed by atoms with Gasteiger partial charge in [0.05, 0.1) is 5.69 Å². The predicted octanol–water partition coefficient (Wildman–Crippen LogP) is 1.24. The van der Waals surface area contributed by atoms with E-state index in [1.54, 1.807) is 6.20 Å². The molecule has 0 radical (unpaired) electrons. The molecule has 2 heterocycles. The molecule has 0 saturated carbocycles. The van der Waals surface area contributed by atoms with Crippen molar-refractivity contribution in [3.05, 3.63) is 59.9 Å². The summed E-state index contributed by atoms with van der Waals surface area (Å²) in [6, 6.07) is 13.6. The fraction of sp³-hybridized carbons (Fsp3) is 0.143. The van der Waals surface area contributed by atoms with E-state index in [1.165, 1.54) is 4.80 Å². The molecule has 0 amide bonds. The second-order valence-corrected chi connectivity index (χ2v) is 4.37. The monoisotopic (exact) mass is 266 g/mol. The molecule has 0 unspecified atom stereocenters. The van der Waals surface area contributed by atoms with Crippen LogP contribution >= 0.6 is 0 Å². The molecule has 0 saturated heterocycles. The van der Waals surface area contributed by atoms with Crippen LogP contribution in [0.5, 0.6) is 0 Å². The maximum absolute atomic E-state index is 5.54. The van der Waals surface area contributed by atoms with Crippen molar-refractivity contribution in [1.29, 1.82) is 0 Å². The summed E-state index contributed by atoms with van der Waals surface area (Å²) in [5.74, 6) is 0.615. The second kappa shape index (κ2) is 5.58. The van der Waals surface area contributed by atoms with Crippen LogP contribution in [-0.2, 0) is 13.1 Å². The van der Waals surface area contributed by atoms with Crippen LogP contribution in [0, 0.1) is 0 Å². The lowest BCUT2D eigenvalue weighted by Gasteiger charge is -2.00. The number of tetrazole rings is 1. The van der Waals surface area contributed by atoms with Crippen molar-refractivity contribution < 1.29 is 0 Å². The maximum Gasteiger partial charge on any atom is 0.204 e. The van der Waals surface area contributed by atoms with E-state index in [2.05, 4.69) is 20.4 Å². The number of nitrogens with two attached hydrogens (primary N) is 1. The van der Waals surface area contributed by atoms with Crippen LogP contribution in [-0.4, -0.2) is 25.2 Å². The zero-order chi connectivity index (χ0) is 13.8. The minimum absolute atomic E-state index is 0.491. The molecule has 0 aliphatic carbocycles. The summed E-state index contributed by atoms with van der Waals surface area (Å²) in [5.41, 5.74) is 8.37. The van der Waals surface area contributed by atoms with E-state index in [1.807, 2.05) is 42.5 Å². The van der Waals surface area contributed by atoms with Crippen molar-refractivity contribution >= 4 is 0 Å². The Morgan fingerprint density at radius 3 is 2.60 bits per heavy atom. The van der Waals surface area contributed by atoms with Crippen molar-refractivity contribution in [1.82, 2.24) is 25.2 Å². The average Bonchev–Trinajstić information content (AvgIpc) is 2.97. The largest absolute Gasteiger partial charge is 0.326 e. The topological polar surface area (TPSA) is 82.5 Å².